The fourth-order valence-electron chi connectivity index (χ4n) is 3.05. The second-order valence-electron chi connectivity index (χ2n) is 7.25. The van der Waals surface area contributed by atoms with Gasteiger partial charge in [-0.15, -0.1) is 0 Å². The summed E-state index contributed by atoms with van der Waals surface area (Å²) in [7, 11) is -0.282. The van der Waals surface area contributed by atoms with Gasteiger partial charge in [0, 0.05) is 17.3 Å². The lowest BCUT2D eigenvalue weighted by Gasteiger charge is -2.41. The zero-order valence-electron chi connectivity index (χ0n) is 15.5. The molecule has 2 heteroatoms. The Kier molecular flexibility index (Phi) is 6.44. The molecule has 1 heterocycles. The van der Waals surface area contributed by atoms with E-state index in [0.29, 0.717) is 10.3 Å². The van der Waals surface area contributed by atoms with Gasteiger partial charge in [-0.25, -0.2) is 0 Å². The molecule has 0 N–H and O–H groups in total. The number of aromatic nitrogens is 1. The summed E-state index contributed by atoms with van der Waals surface area (Å²) in [5.74, 6) is 0. The third-order valence-electron chi connectivity index (χ3n) is 3.33. The highest BCUT2D eigenvalue weighted by atomic mass is 31.1. The lowest BCUT2D eigenvalue weighted by atomic mass is 10.2. The zero-order chi connectivity index (χ0) is 17.0. The van der Waals surface area contributed by atoms with Crippen molar-refractivity contribution in [1.29, 1.82) is 0 Å². The second-order valence-corrected chi connectivity index (χ2v) is 11.1. The van der Waals surface area contributed by atoms with E-state index >= 15 is 0 Å². The normalized spacial score (nSPS) is 12.0. The van der Waals surface area contributed by atoms with Crippen molar-refractivity contribution in [3.63, 3.8) is 0 Å². The Morgan fingerprint density at radius 3 is 1.68 bits per heavy atom. The van der Waals surface area contributed by atoms with E-state index in [1.165, 1.54) is 11.1 Å². The topological polar surface area (TPSA) is 4.93 Å². The molecule has 0 aliphatic heterocycles. The van der Waals surface area contributed by atoms with Crippen LogP contribution in [0.4, 0.5) is 0 Å². The van der Waals surface area contributed by atoms with Crippen LogP contribution >= 0.6 is 7.92 Å². The minimum Gasteiger partial charge on any atom is -0.317 e. The van der Waals surface area contributed by atoms with Crippen molar-refractivity contribution in [1.82, 2.24) is 4.57 Å². The molecule has 0 radical (unpaired) electrons. The maximum absolute atomic E-state index is 2.37. The van der Waals surface area contributed by atoms with Gasteiger partial charge in [-0.05, 0) is 42.5 Å². The van der Waals surface area contributed by atoms with Gasteiger partial charge in [-0.3, -0.25) is 0 Å². The highest BCUT2D eigenvalue weighted by molar-refractivity contribution is 7.68. The minimum atomic E-state index is -0.282. The van der Waals surface area contributed by atoms with Crippen LogP contribution in [-0.2, 0) is 0 Å². The first-order chi connectivity index (χ1) is 10.2. The summed E-state index contributed by atoms with van der Waals surface area (Å²) in [4.78, 5) is 0. The summed E-state index contributed by atoms with van der Waals surface area (Å²) in [5.41, 5.74) is 2.72. The maximum atomic E-state index is 2.37. The van der Waals surface area contributed by atoms with Gasteiger partial charge >= 0.3 is 0 Å². The van der Waals surface area contributed by atoms with E-state index in [4.69, 9.17) is 0 Å². The molecule has 0 aliphatic carbocycles. The van der Waals surface area contributed by atoms with Crippen molar-refractivity contribution in [3.05, 3.63) is 48.7 Å². The standard InChI is InChI=1S/C18H26NP.C2H6/c1-17(2,3)20(18(4,5)6)16-13-10-14-19(16)15-11-8-7-9-12-15;1-2/h7-14H,1-6H3;1-2H3. The van der Waals surface area contributed by atoms with E-state index in [1.807, 2.05) is 13.8 Å². The number of para-hydroxylation sites is 1. The third kappa shape index (κ3) is 4.46. The number of benzene rings is 1. The summed E-state index contributed by atoms with van der Waals surface area (Å²) in [6.45, 7) is 18.2. The number of rotatable bonds is 2. The average molecular weight is 317 g/mol. The molecule has 2 aromatic rings. The highest BCUT2D eigenvalue weighted by Gasteiger charge is 2.37. The zero-order valence-corrected chi connectivity index (χ0v) is 16.4. The van der Waals surface area contributed by atoms with Crippen LogP contribution in [0, 0.1) is 0 Å². The molecule has 0 bridgehead atoms. The van der Waals surface area contributed by atoms with Gasteiger partial charge in [-0.2, -0.15) is 0 Å². The van der Waals surface area contributed by atoms with E-state index < -0.39 is 0 Å². The van der Waals surface area contributed by atoms with Gasteiger partial charge < -0.3 is 4.57 Å². The van der Waals surface area contributed by atoms with Gasteiger partial charge in [0.05, 0.1) is 0 Å². The quantitative estimate of drug-likeness (QED) is 0.580. The summed E-state index contributed by atoms with van der Waals surface area (Å²) in [6, 6.07) is 15.1. The smallest absolute Gasteiger partial charge is 0.0469 e. The molecule has 1 nitrogen and oxygen atoms in total. The predicted molar refractivity (Wildman–Crippen MR) is 103 cm³/mol. The first-order valence-electron chi connectivity index (χ1n) is 8.24. The Bertz CT molecular complexity index is 541. The van der Waals surface area contributed by atoms with E-state index in [0.717, 1.165) is 0 Å². The lowest BCUT2D eigenvalue weighted by molar-refractivity contribution is 0.712. The summed E-state index contributed by atoms with van der Waals surface area (Å²) >= 11 is 0. The summed E-state index contributed by atoms with van der Waals surface area (Å²) in [5, 5.41) is 0.580. The second kappa shape index (κ2) is 7.47. The number of nitrogens with zero attached hydrogens (tertiary/aromatic N) is 1. The molecule has 0 aliphatic rings. The molecule has 0 atom stereocenters. The molecular weight excluding hydrogens is 285 g/mol. The summed E-state index contributed by atoms with van der Waals surface area (Å²) < 4.78 is 2.36. The fraction of sp³-hybridized carbons (Fsp3) is 0.500. The monoisotopic (exact) mass is 317 g/mol. The molecule has 1 aromatic heterocycles. The van der Waals surface area contributed by atoms with Crippen molar-refractivity contribution in [2.24, 2.45) is 0 Å². The Hall–Kier alpha value is -1.07. The first kappa shape index (κ1) is 19.0. The largest absolute Gasteiger partial charge is 0.317 e. The highest BCUT2D eigenvalue weighted by Crippen LogP contribution is 2.58. The molecule has 2 rings (SSSR count). The van der Waals surface area contributed by atoms with E-state index in [9.17, 15) is 0 Å². The molecule has 122 valence electrons. The van der Waals surface area contributed by atoms with E-state index in [-0.39, 0.29) is 7.92 Å². The molecule has 0 unspecified atom stereocenters. The third-order valence-corrected chi connectivity index (χ3v) is 6.84. The van der Waals surface area contributed by atoms with Gasteiger partial charge in [0.25, 0.3) is 0 Å². The average Bonchev–Trinajstić information content (AvgIpc) is 2.87. The van der Waals surface area contributed by atoms with Crippen LogP contribution in [0.25, 0.3) is 5.69 Å². The lowest BCUT2D eigenvalue weighted by Crippen LogP contribution is -2.33. The first-order valence-corrected chi connectivity index (χ1v) is 9.58. The molecule has 0 amide bonds. The van der Waals surface area contributed by atoms with Gasteiger partial charge in [-0.1, -0.05) is 73.6 Å². The van der Waals surface area contributed by atoms with Crippen molar-refractivity contribution in [3.8, 4) is 5.69 Å². The predicted octanol–water partition coefficient (Wildman–Crippen LogP) is 6.21. The maximum Gasteiger partial charge on any atom is 0.0469 e. The Morgan fingerprint density at radius 2 is 1.23 bits per heavy atom. The molecule has 1 aromatic carbocycles. The van der Waals surface area contributed by atoms with Crippen molar-refractivity contribution < 1.29 is 0 Å². The Labute approximate surface area is 138 Å². The van der Waals surface area contributed by atoms with Gasteiger partial charge in [0.15, 0.2) is 0 Å². The molecule has 0 fully saturated rings. The Morgan fingerprint density at radius 1 is 0.727 bits per heavy atom. The van der Waals surface area contributed by atoms with Crippen LogP contribution in [-0.4, -0.2) is 14.9 Å². The van der Waals surface area contributed by atoms with E-state index in [2.05, 4.69) is 94.8 Å². The fourth-order valence-corrected chi connectivity index (χ4v) is 7.07. The minimum absolute atomic E-state index is 0.282. The van der Waals surface area contributed by atoms with Crippen LogP contribution in [0.15, 0.2) is 48.7 Å². The van der Waals surface area contributed by atoms with Gasteiger partial charge in [0.2, 0.25) is 0 Å². The number of hydrogen-bond acceptors (Lipinski definition) is 0. The van der Waals surface area contributed by atoms with Crippen molar-refractivity contribution in [2.75, 3.05) is 0 Å². The SMILES string of the molecule is CC.CC(C)(C)P(c1cccn1-c1ccccc1)C(C)(C)C. The summed E-state index contributed by atoms with van der Waals surface area (Å²) in [6.07, 6.45) is 2.19. The molecule has 0 saturated heterocycles. The molecule has 0 saturated carbocycles. The van der Waals surface area contributed by atoms with Crippen LogP contribution in [0.1, 0.15) is 55.4 Å². The Balaban J connectivity index is 0.00000116. The van der Waals surface area contributed by atoms with Crippen molar-refractivity contribution >= 4 is 13.4 Å². The molecular formula is C20H32NP. The van der Waals surface area contributed by atoms with Crippen LogP contribution in [0.3, 0.4) is 0 Å². The van der Waals surface area contributed by atoms with Crippen LogP contribution in [0.2, 0.25) is 0 Å². The molecule has 22 heavy (non-hydrogen) atoms. The van der Waals surface area contributed by atoms with E-state index in [1.54, 1.807) is 0 Å². The van der Waals surface area contributed by atoms with Gasteiger partial charge in [0.1, 0.15) is 0 Å². The van der Waals surface area contributed by atoms with Crippen LogP contribution < -0.4 is 5.44 Å². The molecule has 0 spiro atoms. The van der Waals surface area contributed by atoms with Crippen LogP contribution in [0.5, 0.6) is 0 Å². The van der Waals surface area contributed by atoms with Crippen molar-refractivity contribution in [2.45, 2.75) is 65.7 Å². The number of hydrogen-bond donors (Lipinski definition) is 0.